The Morgan fingerprint density at radius 2 is 1.57 bits per heavy atom. The molecule has 1 heterocycles. The molecule has 0 atom stereocenters. The van der Waals surface area contributed by atoms with Gasteiger partial charge in [-0.3, -0.25) is 4.79 Å². The molecule has 0 spiro atoms. The number of benzene rings is 3. The predicted octanol–water partition coefficient (Wildman–Crippen LogP) is 3.35. The van der Waals surface area contributed by atoms with Gasteiger partial charge >= 0.3 is 10.2 Å². The average Bonchev–Trinajstić information content (AvgIpc) is 2.99. The Labute approximate surface area is 176 Å². The molecule has 6 nitrogen and oxygen atoms in total. The third-order valence-electron chi connectivity index (χ3n) is 4.88. The van der Waals surface area contributed by atoms with Gasteiger partial charge in [0.05, 0.1) is 5.69 Å². The molecule has 7 heteroatoms. The fourth-order valence-electron chi connectivity index (χ4n) is 3.56. The van der Waals surface area contributed by atoms with Crippen LogP contribution in [-0.2, 0) is 28.0 Å². The molecule has 1 aliphatic heterocycles. The van der Waals surface area contributed by atoms with Crippen molar-refractivity contribution in [3.05, 3.63) is 95.1 Å². The molecule has 0 radical (unpaired) electrons. The van der Waals surface area contributed by atoms with Crippen molar-refractivity contribution in [2.75, 3.05) is 10.8 Å². The second kappa shape index (κ2) is 8.20. The maximum atomic E-state index is 12.5. The summed E-state index contributed by atoms with van der Waals surface area (Å²) < 4.78 is 34.1. The summed E-state index contributed by atoms with van der Waals surface area (Å²) in [6, 6.07) is 23.5. The Morgan fingerprint density at radius 3 is 2.17 bits per heavy atom. The second-order valence-electron chi connectivity index (χ2n) is 7.23. The molecule has 3 aromatic rings. The molecule has 1 N–H and O–H groups in total. The van der Waals surface area contributed by atoms with Crippen molar-refractivity contribution in [2.24, 2.45) is 0 Å². The number of anilines is 1. The Hall–Kier alpha value is -3.32. The standard InChI is InChI=1S/C23H22N2O4S/c1-17-12-20(13-18-8-4-2-5-9-18)14-21(29-16-19-10-6-3-7-11-19)23(17)25-15-22(26)24-30(25,27)28/h2-12,14H,13,15-16H2,1H3,(H,24,26). The zero-order valence-corrected chi connectivity index (χ0v) is 17.4. The summed E-state index contributed by atoms with van der Waals surface area (Å²) in [6.07, 6.45) is 0.688. The maximum Gasteiger partial charge on any atom is 0.326 e. The first-order valence-electron chi connectivity index (χ1n) is 9.60. The van der Waals surface area contributed by atoms with Crippen LogP contribution in [0.15, 0.2) is 72.8 Å². The van der Waals surface area contributed by atoms with Gasteiger partial charge in [0, 0.05) is 0 Å². The number of aryl methyl sites for hydroxylation is 1. The molecular weight excluding hydrogens is 400 g/mol. The number of nitrogens with zero attached hydrogens (tertiary/aromatic N) is 1. The van der Waals surface area contributed by atoms with Gasteiger partial charge in [0.15, 0.2) is 0 Å². The van der Waals surface area contributed by atoms with Gasteiger partial charge in [0.1, 0.15) is 18.9 Å². The SMILES string of the molecule is Cc1cc(Cc2ccccc2)cc(OCc2ccccc2)c1N1CC(=O)NS1(=O)=O. The largest absolute Gasteiger partial charge is 0.487 e. The van der Waals surface area contributed by atoms with E-state index in [0.29, 0.717) is 17.9 Å². The summed E-state index contributed by atoms with van der Waals surface area (Å²) in [6.45, 7) is 1.86. The minimum absolute atomic E-state index is 0.261. The second-order valence-corrected chi connectivity index (χ2v) is 8.83. The number of amides is 1. The van der Waals surface area contributed by atoms with Crippen molar-refractivity contribution in [3.8, 4) is 5.75 Å². The van der Waals surface area contributed by atoms with Gasteiger partial charge in [0.25, 0.3) is 5.91 Å². The van der Waals surface area contributed by atoms with Crippen LogP contribution in [0.4, 0.5) is 5.69 Å². The van der Waals surface area contributed by atoms with Gasteiger partial charge in [-0.05, 0) is 41.7 Å². The van der Waals surface area contributed by atoms with E-state index in [0.717, 1.165) is 26.6 Å². The first-order chi connectivity index (χ1) is 14.4. The smallest absolute Gasteiger partial charge is 0.326 e. The van der Waals surface area contributed by atoms with E-state index < -0.39 is 16.1 Å². The molecule has 0 aliphatic carbocycles. The molecule has 30 heavy (non-hydrogen) atoms. The first kappa shape index (κ1) is 20.0. The van der Waals surface area contributed by atoms with Gasteiger partial charge in [-0.15, -0.1) is 0 Å². The molecule has 0 aromatic heterocycles. The van der Waals surface area contributed by atoms with Gasteiger partial charge in [-0.25, -0.2) is 9.03 Å². The number of rotatable bonds is 6. The van der Waals surface area contributed by atoms with E-state index in [1.807, 2.05) is 84.4 Å². The molecule has 154 valence electrons. The number of carbonyl (C=O) groups excluding carboxylic acids is 1. The fourth-order valence-corrected chi connectivity index (χ4v) is 4.79. The van der Waals surface area contributed by atoms with Crippen LogP contribution in [0.25, 0.3) is 0 Å². The zero-order chi connectivity index (χ0) is 21.1. The molecule has 0 saturated carbocycles. The van der Waals surface area contributed by atoms with Crippen LogP contribution in [0.3, 0.4) is 0 Å². The van der Waals surface area contributed by atoms with Gasteiger partial charge in [-0.2, -0.15) is 8.42 Å². The Morgan fingerprint density at radius 1 is 0.933 bits per heavy atom. The van der Waals surface area contributed by atoms with Crippen LogP contribution < -0.4 is 13.8 Å². The highest BCUT2D eigenvalue weighted by Gasteiger charge is 2.36. The van der Waals surface area contributed by atoms with Crippen LogP contribution in [0.1, 0.15) is 22.3 Å². The number of carbonyl (C=O) groups is 1. The van der Waals surface area contributed by atoms with Crippen molar-refractivity contribution < 1.29 is 17.9 Å². The molecule has 0 unspecified atom stereocenters. The number of nitrogens with one attached hydrogen (secondary N) is 1. The number of hydrogen-bond donors (Lipinski definition) is 1. The van der Waals surface area contributed by atoms with E-state index in [1.54, 1.807) is 0 Å². The third kappa shape index (κ3) is 4.31. The molecule has 1 aliphatic rings. The van der Waals surface area contributed by atoms with E-state index >= 15 is 0 Å². The van der Waals surface area contributed by atoms with E-state index in [-0.39, 0.29) is 13.2 Å². The lowest BCUT2D eigenvalue weighted by atomic mass is 10.0. The zero-order valence-electron chi connectivity index (χ0n) is 16.5. The summed E-state index contributed by atoms with van der Waals surface area (Å²) in [5.41, 5.74) is 4.23. The van der Waals surface area contributed by atoms with Gasteiger partial charge in [0.2, 0.25) is 0 Å². The quantitative estimate of drug-likeness (QED) is 0.661. The Balaban J connectivity index is 1.73. The van der Waals surface area contributed by atoms with Crippen molar-refractivity contribution in [2.45, 2.75) is 20.0 Å². The van der Waals surface area contributed by atoms with Crippen molar-refractivity contribution in [1.82, 2.24) is 4.72 Å². The van der Waals surface area contributed by atoms with Crippen molar-refractivity contribution >= 4 is 21.8 Å². The first-order valence-corrected chi connectivity index (χ1v) is 11.0. The van der Waals surface area contributed by atoms with Crippen LogP contribution in [-0.4, -0.2) is 20.9 Å². The Kier molecular flexibility index (Phi) is 5.46. The molecule has 0 bridgehead atoms. The molecule has 1 saturated heterocycles. The molecule has 1 fully saturated rings. The van der Waals surface area contributed by atoms with Crippen LogP contribution >= 0.6 is 0 Å². The Bertz CT molecular complexity index is 1160. The topological polar surface area (TPSA) is 75.7 Å². The molecule has 1 amide bonds. The van der Waals surface area contributed by atoms with E-state index in [2.05, 4.69) is 0 Å². The minimum Gasteiger partial charge on any atom is -0.487 e. The average molecular weight is 423 g/mol. The highest BCUT2D eigenvalue weighted by Crippen LogP contribution is 2.37. The van der Waals surface area contributed by atoms with E-state index in [4.69, 9.17) is 4.74 Å². The fraction of sp³-hybridized carbons (Fsp3) is 0.174. The van der Waals surface area contributed by atoms with Crippen LogP contribution in [0.5, 0.6) is 5.75 Å². The highest BCUT2D eigenvalue weighted by molar-refractivity contribution is 7.92. The molecular formula is C23H22N2O4S. The highest BCUT2D eigenvalue weighted by atomic mass is 32.2. The minimum atomic E-state index is -3.94. The van der Waals surface area contributed by atoms with Crippen molar-refractivity contribution in [1.29, 1.82) is 0 Å². The lowest BCUT2D eigenvalue weighted by Gasteiger charge is -2.22. The lowest BCUT2D eigenvalue weighted by molar-refractivity contribution is -0.117. The summed E-state index contributed by atoms with van der Waals surface area (Å²) in [7, 11) is -3.94. The van der Waals surface area contributed by atoms with Gasteiger partial charge in [-0.1, -0.05) is 66.7 Å². The molecule has 3 aromatic carbocycles. The summed E-state index contributed by atoms with van der Waals surface area (Å²) in [5, 5.41) is 0. The predicted molar refractivity (Wildman–Crippen MR) is 116 cm³/mol. The van der Waals surface area contributed by atoms with E-state index in [1.165, 1.54) is 0 Å². The maximum absolute atomic E-state index is 12.5. The van der Waals surface area contributed by atoms with E-state index in [9.17, 15) is 13.2 Å². The van der Waals surface area contributed by atoms with Gasteiger partial charge < -0.3 is 4.74 Å². The van der Waals surface area contributed by atoms with Crippen LogP contribution in [0, 0.1) is 6.92 Å². The summed E-state index contributed by atoms with van der Waals surface area (Å²) >= 11 is 0. The normalized spacial score (nSPS) is 15.1. The van der Waals surface area contributed by atoms with Crippen LogP contribution in [0.2, 0.25) is 0 Å². The lowest BCUT2D eigenvalue weighted by Crippen LogP contribution is -2.30. The summed E-state index contributed by atoms with van der Waals surface area (Å²) in [5.74, 6) is -0.123. The van der Waals surface area contributed by atoms with Crippen molar-refractivity contribution in [3.63, 3.8) is 0 Å². The number of ether oxygens (including phenoxy) is 1. The monoisotopic (exact) mass is 422 g/mol. The third-order valence-corrected chi connectivity index (χ3v) is 6.26. The summed E-state index contributed by atoms with van der Waals surface area (Å²) in [4.78, 5) is 11.8. The number of hydrogen-bond acceptors (Lipinski definition) is 4. The molecule has 4 rings (SSSR count).